The van der Waals surface area contributed by atoms with E-state index in [2.05, 4.69) is 19.2 Å². The first kappa shape index (κ1) is 29.2. The summed E-state index contributed by atoms with van der Waals surface area (Å²) in [5, 5.41) is 13.2. The Hall–Kier alpha value is -1.81. The zero-order valence-corrected chi connectivity index (χ0v) is 21.5. The number of hydrogen-bond acceptors (Lipinski definition) is 3. The van der Waals surface area contributed by atoms with Crippen molar-refractivity contribution in [1.82, 2.24) is 5.32 Å². The lowest BCUT2D eigenvalue weighted by molar-refractivity contribution is 0.0894. The Kier molecular flexibility index (Phi) is 17.4. The third-order valence-corrected chi connectivity index (χ3v) is 6.06. The van der Waals surface area contributed by atoms with Crippen molar-refractivity contribution in [3.8, 4) is 5.75 Å². The van der Waals surface area contributed by atoms with Crippen LogP contribution >= 0.6 is 0 Å². The summed E-state index contributed by atoms with van der Waals surface area (Å²) in [7, 11) is 0. The highest BCUT2D eigenvalue weighted by Gasteiger charge is 2.15. The van der Waals surface area contributed by atoms with Crippen molar-refractivity contribution in [3.05, 3.63) is 42.0 Å². The largest absolute Gasteiger partial charge is 0.494 e. The summed E-state index contributed by atoms with van der Waals surface area (Å²) in [6, 6.07) is 6.85. The Morgan fingerprint density at radius 2 is 1.42 bits per heavy atom. The van der Waals surface area contributed by atoms with Gasteiger partial charge in [0.1, 0.15) is 5.75 Å². The highest BCUT2D eigenvalue weighted by atomic mass is 16.5. The number of aliphatic hydroxyl groups excluding tert-OH is 1. The van der Waals surface area contributed by atoms with Crippen molar-refractivity contribution in [1.29, 1.82) is 0 Å². The Morgan fingerprint density at radius 3 is 2.03 bits per heavy atom. The van der Waals surface area contributed by atoms with Crippen LogP contribution in [0.2, 0.25) is 0 Å². The van der Waals surface area contributed by atoms with Gasteiger partial charge in [-0.05, 0) is 50.5 Å². The van der Waals surface area contributed by atoms with Gasteiger partial charge in [0.05, 0.1) is 18.8 Å². The molecule has 33 heavy (non-hydrogen) atoms. The van der Waals surface area contributed by atoms with Crippen LogP contribution in [0.5, 0.6) is 5.75 Å². The number of carbonyl (C=O) groups excluding carboxylic acids is 1. The van der Waals surface area contributed by atoms with Crippen LogP contribution in [0.25, 0.3) is 0 Å². The van der Waals surface area contributed by atoms with Gasteiger partial charge in [0.15, 0.2) is 0 Å². The maximum Gasteiger partial charge on any atom is 0.251 e. The number of nitrogens with one attached hydrogen (secondary N) is 1. The number of benzene rings is 1. The smallest absolute Gasteiger partial charge is 0.251 e. The standard InChI is InChI=1S/C29H49NO3/c1-4-6-8-9-10-11-12-13-14-15-16-17-19-28(31)25(3)30-29(32)26-20-22-27(23-21-26)33-24-18-7-5-2/h17,19-23,25,28,31H,4-16,18,24H2,1-3H3,(H,30,32)/b19-17+/t25-,28-/m1/s1. The molecule has 1 rings (SSSR count). The molecule has 0 aliphatic heterocycles. The molecule has 0 heterocycles. The number of amides is 1. The molecule has 0 spiro atoms. The molecule has 188 valence electrons. The molecule has 4 heteroatoms. The van der Waals surface area contributed by atoms with E-state index in [1.54, 1.807) is 12.1 Å². The Bertz CT molecular complexity index is 626. The van der Waals surface area contributed by atoms with Gasteiger partial charge in [0, 0.05) is 5.56 Å². The third kappa shape index (κ3) is 14.9. The number of unbranched alkanes of at least 4 members (excludes halogenated alkanes) is 12. The minimum absolute atomic E-state index is 0.179. The first-order chi connectivity index (χ1) is 16.1. The quantitative estimate of drug-likeness (QED) is 0.156. The van der Waals surface area contributed by atoms with Crippen LogP contribution in [0.1, 0.15) is 121 Å². The van der Waals surface area contributed by atoms with Crippen LogP contribution in [0.3, 0.4) is 0 Å². The van der Waals surface area contributed by atoms with Crippen LogP contribution in [0.4, 0.5) is 0 Å². The van der Waals surface area contributed by atoms with Gasteiger partial charge < -0.3 is 15.2 Å². The van der Waals surface area contributed by atoms with Crippen LogP contribution in [-0.4, -0.2) is 29.8 Å². The van der Waals surface area contributed by atoms with E-state index in [4.69, 9.17) is 4.74 Å². The minimum Gasteiger partial charge on any atom is -0.494 e. The number of rotatable bonds is 20. The maximum absolute atomic E-state index is 12.5. The fourth-order valence-corrected chi connectivity index (χ4v) is 3.77. The molecule has 1 amide bonds. The van der Waals surface area contributed by atoms with E-state index in [9.17, 15) is 9.90 Å². The second-order valence-electron chi connectivity index (χ2n) is 9.23. The van der Waals surface area contributed by atoms with Crippen molar-refractivity contribution in [2.75, 3.05) is 6.61 Å². The van der Waals surface area contributed by atoms with E-state index in [1.165, 1.54) is 64.2 Å². The molecular formula is C29H49NO3. The highest BCUT2D eigenvalue weighted by Crippen LogP contribution is 2.14. The average Bonchev–Trinajstić information content (AvgIpc) is 2.82. The first-order valence-electron chi connectivity index (χ1n) is 13.5. The van der Waals surface area contributed by atoms with Gasteiger partial charge in [0.2, 0.25) is 0 Å². The molecule has 0 bridgehead atoms. The molecule has 0 aromatic heterocycles. The molecule has 2 N–H and O–H groups in total. The van der Waals surface area contributed by atoms with Crippen molar-refractivity contribution in [2.45, 2.75) is 123 Å². The predicted octanol–water partition coefficient (Wildman–Crippen LogP) is 7.60. The fraction of sp³-hybridized carbons (Fsp3) is 0.690. The average molecular weight is 460 g/mol. The fourth-order valence-electron chi connectivity index (χ4n) is 3.77. The summed E-state index contributed by atoms with van der Waals surface area (Å²) in [6.07, 6.45) is 20.8. The van der Waals surface area contributed by atoms with Crippen molar-refractivity contribution in [3.63, 3.8) is 0 Å². The first-order valence-corrected chi connectivity index (χ1v) is 13.5. The minimum atomic E-state index is -0.682. The summed E-state index contributed by atoms with van der Waals surface area (Å²) in [4.78, 5) is 12.5. The van der Waals surface area contributed by atoms with Crippen LogP contribution in [0.15, 0.2) is 36.4 Å². The molecular weight excluding hydrogens is 410 g/mol. The van der Waals surface area contributed by atoms with Gasteiger partial charge >= 0.3 is 0 Å². The van der Waals surface area contributed by atoms with Gasteiger partial charge in [-0.3, -0.25) is 4.79 Å². The molecule has 0 saturated heterocycles. The topological polar surface area (TPSA) is 58.6 Å². The third-order valence-electron chi connectivity index (χ3n) is 6.06. The van der Waals surface area contributed by atoms with Crippen LogP contribution < -0.4 is 10.1 Å². The van der Waals surface area contributed by atoms with Crippen molar-refractivity contribution in [2.24, 2.45) is 0 Å². The monoisotopic (exact) mass is 459 g/mol. The van der Waals surface area contributed by atoms with Gasteiger partial charge in [-0.2, -0.15) is 0 Å². The predicted molar refractivity (Wildman–Crippen MR) is 140 cm³/mol. The molecule has 0 radical (unpaired) electrons. The number of ether oxygens (including phenoxy) is 1. The van der Waals surface area contributed by atoms with Crippen LogP contribution in [0, 0.1) is 0 Å². The van der Waals surface area contributed by atoms with E-state index in [0.717, 1.165) is 31.4 Å². The second kappa shape index (κ2) is 19.6. The van der Waals surface area contributed by atoms with Gasteiger partial charge in [-0.1, -0.05) is 96.6 Å². The normalized spacial score (nSPS) is 13.2. The summed E-state index contributed by atoms with van der Waals surface area (Å²) < 4.78 is 5.69. The molecule has 0 saturated carbocycles. The van der Waals surface area contributed by atoms with E-state index in [-0.39, 0.29) is 11.9 Å². The number of aliphatic hydroxyl groups is 1. The summed E-state index contributed by atoms with van der Waals surface area (Å²) in [6.45, 7) is 6.96. The lowest BCUT2D eigenvalue weighted by atomic mass is 10.1. The van der Waals surface area contributed by atoms with Gasteiger partial charge in [0.25, 0.3) is 5.91 Å². The molecule has 4 nitrogen and oxygen atoms in total. The van der Waals surface area contributed by atoms with Gasteiger partial charge in [-0.25, -0.2) is 0 Å². The Balaban J connectivity index is 2.16. The zero-order chi connectivity index (χ0) is 24.2. The molecule has 0 aliphatic rings. The lowest BCUT2D eigenvalue weighted by Crippen LogP contribution is -2.40. The molecule has 2 atom stereocenters. The van der Waals surface area contributed by atoms with Gasteiger partial charge in [-0.15, -0.1) is 0 Å². The summed E-state index contributed by atoms with van der Waals surface area (Å²) in [5.41, 5.74) is 0.573. The van der Waals surface area contributed by atoms with E-state index < -0.39 is 6.10 Å². The van der Waals surface area contributed by atoms with E-state index >= 15 is 0 Å². The molecule has 0 fully saturated rings. The van der Waals surface area contributed by atoms with Crippen molar-refractivity contribution < 1.29 is 14.6 Å². The second-order valence-corrected chi connectivity index (χ2v) is 9.23. The summed E-state index contributed by atoms with van der Waals surface area (Å²) >= 11 is 0. The lowest BCUT2D eigenvalue weighted by Gasteiger charge is -2.17. The zero-order valence-electron chi connectivity index (χ0n) is 21.5. The number of hydrogen-bond donors (Lipinski definition) is 2. The molecule has 1 aromatic rings. The van der Waals surface area contributed by atoms with E-state index in [0.29, 0.717) is 12.2 Å². The van der Waals surface area contributed by atoms with E-state index in [1.807, 2.05) is 31.2 Å². The molecule has 0 unspecified atom stereocenters. The van der Waals surface area contributed by atoms with Crippen molar-refractivity contribution >= 4 is 5.91 Å². The Morgan fingerprint density at radius 1 is 0.879 bits per heavy atom. The Labute approximate surface area is 203 Å². The SMILES string of the molecule is CCCCCCCCCCCC/C=C/[C@@H](O)[C@@H](C)NC(=O)c1ccc(OCCCCC)cc1. The number of allylic oxidation sites excluding steroid dienone is 1. The molecule has 0 aliphatic carbocycles. The van der Waals surface area contributed by atoms with Crippen LogP contribution in [-0.2, 0) is 0 Å². The number of carbonyl (C=O) groups is 1. The maximum atomic E-state index is 12.5. The molecule has 1 aromatic carbocycles. The highest BCUT2D eigenvalue weighted by molar-refractivity contribution is 5.94. The summed E-state index contributed by atoms with van der Waals surface area (Å²) in [5.74, 6) is 0.604.